The van der Waals surface area contributed by atoms with Crippen LogP contribution in [0.3, 0.4) is 0 Å². The third-order valence-electron chi connectivity index (χ3n) is 6.26. The van der Waals surface area contributed by atoms with Crippen molar-refractivity contribution >= 4 is 23.3 Å². The summed E-state index contributed by atoms with van der Waals surface area (Å²) >= 11 is 1.57. The van der Waals surface area contributed by atoms with Gasteiger partial charge in [0.15, 0.2) is 0 Å². The minimum Gasteiger partial charge on any atom is -0.396 e. The fourth-order valence-corrected chi connectivity index (χ4v) is 5.57. The zero-order chi connectivity index (χ0) is 22.0. The number of pyridine rings is 1. The molecule has 2 N–H and O–H groups in total. The van der Waals surface area contributed by atoms with Gasteiger partial charge in [-0.05, 0) is 19.1 Å². The number of allylic oxidation sites excluding steroid dienone is 1. The van der Waals surface area contributed by atoms with Crippen LogP contribution in [0.15, 0.2) is 34.6 Å². The normalized spacial score (nSPS) is 25.1. The van der Waals surface area contributed by atoms with E-state index in [1.54, 1.807) is 35.3 Å². The zero-order valence-electron chi connectivity index (χ0n) is 17.7. The number of thiazole rings is 1. The van der Waals surface area contributed by atoms with E-state index in [0.29, 0.717) is 31.8 Å². The molecule has 8 nitrogen and oxygen atoms in total. The van der Waals surface area contributed by atoms with Crippen molar-refractivity contribution in [3.05, 3.63) is 56.4 Å². The number of ether oxygens (including phenoxy) is 1. The number of carbonyl (C=O) groups excluding carboxylic acids is 1. The minimum absolute atomic E-state index is 0.0587. The SMILES string of the molecule is CC=Cc1ccc2n(c1=O)C[C@@H]1[C@@H](CO)[C@H](C(=O)NCCOC)[C@H]2N1Cc1nccs1. The molecule has 0 saturated carbocycles. The average molecular weight is 445 g/mol. The second kappa shape index (κ2) is 9.44. The van der Waals surface area contributed by atoms with Gasteiger partial charge in [-0.3, -0.25) is 14.5 Å². The van der Waals surface area contributed by atoms with Crippen LogP contribution in [0.25, 0.3) is 6.08 Å². The molecule has 0 unspecified atom stereocenters. The largest absolute Gasteiger partial charge is 0.396 e. The number of rotatable bonds is 8. The van der Waals surface area contributed by atoms with Gasteiger partial charge in [-0.15, -0.1) is 11.3 Å². The molecule has 0 aliphatic carbocycles. The second-order valence-electron chi connectivity index (χ2n) is 7.90. The molecule has 4 rings (SSSR count). The van der Waals surface area contributed by atoms with Gasteiger partial charge in [-0.1, -0.05) is 12.2 Å². The summed E-state index contributed by atoms with van der Waals surface area (Å²) in [6.45, 7) is 3.60. The summed E-state index contributed by atoms with van der Waals surface area (Å²) in [7, 11) is 1.59. The second-order valence-corrected chi connectivity index (χ2v) is 8.87. The highest BCUT2D eigenvalue weighted by Gasteiger charge is 2.55. The molecule has 1 saturated heterocycles. The molecule has 1 fully saturated rings. The predicted molar refractivity (Wildman–Crippen MR) is 119 cm³/mol. The smallest absolute Gasteiger partial charge is 0.258 e. The lowest BCUT2D eigenvalue weighted by Gasteiger charge is -2.37. The Balaban J connectivity index is 1.77. The Morgan fingerprint density at radius 2 is 2.29 bits per heavy atom. The van der Waals surface area contributed by atoms with Crippen LogP contribution >= 0.6 is 11.3 Å². The Morgan fingerprint density at radius 3 is 2.97 bits per heavy atom. The molecule has 0 spiro atoms. The number of nitrogens with zero attached hydrogens (tertiary/aromatic N) is 3. The van der Waals surface area contributed by atoms with E-state index in [0.717, 1.165) is 10.7 Å². The highest BCUT2D eigenvalue weighted by molar-refractivity contribution is 7.09. The summed E-state index contributed by atoms with van der Waals surface area (Å²) in [4.78, 5) is 33.0. The van der Waals surface area contributed by atoms with Crippen molar-refractivity contribution in [1.29, 1.82) is 0 Å². The first-order valence-electron chi connectivity index (χ1n) is 10.5. The summed E-state index contributed by atoms with van der Waals surface area (Å²) in [5, 5.41) is 16.1. The fraction of sp³-hybridized carbons (Fsp3) is 0.500. The van der Waals surface area contributed by atoms with Crippen LogP contribution < -0.4 is 10.9 Å². The lowest BCUT2D eigenvalue weighted by atomic mass is 9.86. The first-order valence-corrected chi connectivity index (χ1v) is 11.4. The Morgan fingerprint density at radius 1 is 1.45 bits per heavy atom. The van der Waals surface area contributed by atoms with Crippen molar-refractivity contribution < 1.29 is 14.6 Å². The van der Waals surface area contributed by atoms with Crippen LogP contribution in [0.2, 0.25) is 0 Å². The van der Waals surface area contributed by atoms with Gasteiger partial charge < -0.3 is 19.7 Å². The van der Waals surface area contributed by atoms with E-state index in [1.807, 2.05) is 30.5 Å². The van der Waals surface area contributed by atoms with E-state index in [9.17, 15) is 14.7 Å². The molecule has 166 valence electrons. The average Bonchev–Trinajstić information content (AvgIpc) is 3.34. The molecule has 9 heteroatoms. The summed E-state index contributed by atoms with van der Waals surface area (Å²) in [5.41, 5.74) is 1.38. The molecule has 4 heterocycles. The van der Waals surface area contributed by atoms with Crippen LogP contribution in [0, 0.1) is 11.8 Å². The number of methoxy groups -OCH3 is 1. The highest BCUT2D eigenvalue weighted by Crippen LogP contribution is 2.49. The molecule has 4 atom stereocenters. The lowest BCUT2D eigenvalue weighted by molar-refractivity contribution is -0.127. The van der Waals surface area contributed by atoms with Gasteiger partial charge in [-0.2, -0.15) is 0 Å². The topological polar surface area (TPSA) is 96.7 Å². The molecule has 1 amide bonds. The molecule has 0 radical (unpaired) electrons. The quantitative estimate of drug-likeness (QED) is 0.595. The highest BCUT2D eigenvalue weighted by atomic mass is 32.1. The van der Waals surface area contributed by atoms with E-state index >= 15 is 0 Å². The van der Waals surface area contributed by atoms with Gasteiger partial charge in [0.2, 0.25) is 5.91 Å². The maximum absolute atomic E-state index is 13.2. The predicted octanol–water partition coefficient (Wildman–Crippen LogP) is 1.26. The fourth-order valence-electron chi connectivity index (χ4n) is 4.95. The molecule has 2 aromatic heterocycles. The number of amides is 1. The van der Waals surface area contributed by atoms with Crippen LogP contribution in [0.1, 0.15) is 29.2 Å². The van der Waals surface area contributed by atoms with Gasteiger partial charge >= 0.3 is 0 Å². The van der Waals surface area contributed by atoms with E-state index in [-0.39, 0.29) is 36.1 Å². The monoisotopic (exact) mass is 444 g/mol. The number of hydrogen-bond acceptors (Lipinski definition) is 7. The molecule has 2 bridgehead atoms. The van der Waals surface area contributed by atoms with Crippen LogP contribution in [-0.4, -0.2) is 58.4 Å². The standard InChI is InChI=1S/C22H28N4O4S/c1-3-4-14-5-6-16-20-19(21(28)24-7-9-30-2)15(13-27)17(11-26(16)22(14)29)25(20)12-18-23-8-10-31-18/h3-6,8,10,15,17,19-20,27H,7,9,11-13H2,1-2H3,(H,24,28)/t15-,17-,19+,20+/m1/s1. The van der Waals surface area contributed by atoms with E-state index in [2.05, 4.69) is 15.2 Å². The Bertz CT molecular complexity index is 1000. The number of aromatic nitrogens is 2. The zero-order valence-corrected chi connectivity index (χ0v) is 18.5. The molecule has 31 heavy (non-hydrogen) atoms. The molecule has 2 aliphatic rings. The summed E-state index contributed by atoms with van der Waals surface area (Å²) in [6, 6.07) is 3.32. The number of hydrogen-bond donors (Lipinski definition) is 2. The molecule has 0 aromatic carbocycles. The van der Waals surface area contributed by atoms with Gasteiger partial charge in [0, 0.05) is 61.6 Å². The number of nitrogens with one attached hydrogen (secondary N) is 1. The first-order chi connectivity index (χ1) is 15.1. The molecule has 2 aliphatic heterocycles. The third kappa shape index (κ3) is 3.98. The van der Waals surface area contributed by atoms with Crippen molar-refractivity contribution in [1.82, 2.24) is 19.8 Å². The minimum atomic E-state index is -0.465. The number of aliphatic hydroxyl groups excluding tert-OH is 1. The Kier molecular flexibility index (Phi) is 6.66. The Hall–Kier alpha value is -2.33. The molecular weight excluding hydrogens is 416 g/mol. The van der Waals surface area contributed by atoms with Crippen molar-refractivity contribution in [3.8, 4) is 0 Å². The number of aliphatic hydroxyl groups is 1. The summed E-state index contributed by atoms with van der Waals surface area (Å²) in [6.07, 6.45) is 5.42. The maximum atomic E-state index is 13.2. The summed E-state index contributed by atoms with van der Waals surface area (Å²) < 4.78 is 6.85. The van der Waals surface area contributed by atoms with Crippen LogP contribution in [0.5, 0.6) is 0 Å². The van der Waals surface area contributed by atoms with Gasteiger partial charge in [0.25, 0.3) is 5.56 Å². The third-order valence-corrected chi connectivity index (χ3v) is 7.02. The van der Waals surface area contributed by atoms with Crippen molar-refractivity contribution in [3.63, 3.8) is 0 Å². The number of fused-ring (bicyclic) bond motifs is 4. The maximum Gasteiger partial charge on any atom is 0.258 e. The van der Waals surface area contributed by atoms with E-state index in [4.69, 9.17) is 4.74 Å². The lowest BCUT2D eigenvalue weighted by Crippen LogP contribution is -2.46. The van der Waals surface area contributed by atoms with Crippen molar-refractivity contribution in [2.75, 3.05) is 26.9 Å². The van der Waals surface area contributed by atoms with E-state index in [1.165, 1.54) is 0 Å². The summed E-state index contributed by atoms with van der Waals surface area (Å²) in [5.74, 6) is -0.865. The van der Waals surface area contributed by atoms with Crippen molar-refractivity contribution in [2.45, 2.75) is 32.1 Å². The van der Waals surface area contributed by atoms with Crippen LogP contribution in [-0.2, 0) is 22.6 Å². The first kappa shape index (κ1) is 21.9. The van der Waals surface area contributed by atoms with Gasteiger partial charge in [0.1, 0.15) is 5.01 Å². The number of carbonyl (C=O) groups is 1. The molecular formula is C22H28N4O4S. The Labute approximate surface area is 185 Å². The van der Waals surface area contributed by atoms with Gasteiger partial charge in [0.05, 0.1) is 25.1 Å². The van der Waals surface area contributed by atoms with Gasteiger partial charge in [-0.25, -0.2) is 4.98 Å². The molecule has 2 aromatic rings. The van der Waals surface area contributed by atoms with Crippen molar-refractivity contribution in [2.24, 2.45) is 11.8 Å². The van der Waals surface area contributed by atoms with Crippen LogP contribution in [0.4, 0.5) is 0 Å². The van der Waals surface area contributed by atoms with E-state index < -0.39 is 5.92 Å².